The van der Waals surface area contributed by atoms with Crippen molar-refractivity contribution in [2.24, 2.45) is 5.10 Å². The summed E-state index contributed by atoms with van der Waals surface area (Å²) in [5, 5.41) is 16.1. The molecule has 17 heavy (non-hydrogen) atoms. The number of benzene rings is 1. The lowest BCUT2D eigenvalue weighted by Crippen LogP contribution is -2.28. The Bertz CT molecular complexity index is 393. The molecule has 1 aliphatic rings. The van der Waals surface area contributed by atoms with Crippen LogP contribution in [0.15, 0.2) is 29.4 Å². The number of hydrogen-bond donors (Lipinski definition) is 1. The molecule has 2 rings (SSSR count). The molecule has 0 amide bonds. The van der Waals surface area contributed by atoms with Crippen LogP contribution in [-0.2, 0) is 4.74 Å². The zero-order chi connectivity index (χ0) is 12.1. The smallest absolute Gasteiger partial charge is 0.124 e. The molecular formula is C13H18N2O2. The molecule has 0 aliphatic carbocycles. The maximum absolute atomic E-state index is 9.62. The highest BCUT2D eigenvalue weighted by Crippen LogP contribution is 2.18. The number of para-hydroxylation sites is 1. The van der Waals surface area contributed by atoms with Crippen LogP contribution >= 0.6 is 0 Å². The number of rotatable bonds is 4. The van der Waals surface area contributed by atoms with E-state index in [0.717, 1.165) is 24.9 Å². The van der Waals surface area contributed by atoms with E-state index in [2.05, 4.69) is 5.10 Å². The summed E-state index contributed by atoms with van der Waals surface area (Å²) in [6.45, 7) is 1.66. The van der Waals surface area contributed by atoms with E-state index in [1.807, 2.05) is 17.1 Å². The average molecular weight is 234 g/mol. The van der Waals surface area contributed by atoms with Gasteiger partial charge in [-0.15, -0.1) is 0 Å². The quantitative estimate of drug-likeness (QED) is 0.808. The summed E-state index contributed by atoms with van der Waals surface area (Å²) in [7, 11) is 1.71. The van der Waals surface area contributed by atoms with Gasteiger partial charge < -0.3 is 9.84 Å². The largest absolute Gasteiger partial charge is 0.507 e. The molecule has 1 aliphatic heterocycles. The first-order valence-corrected chi connectivity index (χ1v) is 5.89. The van der Waals surface area contributed by atoms with Crippen molar-refractivity contribution in [2.75, 3.05) is 20.3 Å². The third kappa shape index (κ3) is 2.97. The topological polar surface area (TPSA) is 45.1 Å². The van der Waals surface area contributed by atoms with Gasteiger partial charge in [0, 0.05) is 19.2 Å². The summed E-state index contributed by atoms with van der Waals surface area (Å²) in [4.78, 5) is 0. The molecule has 1 atom stereocenters. The fourth-order valence-electron chi connectivity index (χ4n) is 2.07. The van der Waals surface area contributed by atoms with E-state index in [9.17, 15) is 5.11 Å². The number of phenolic OH excluding ortho intramolecular Hbond substituents is 1. The number of hydrazone groups is 1. The van der Waals surface area contributed by atoms with Crippen LogP contribution in [0.4, 0.5) is 0 Å². The Balaban J connectivity index is 2.03. The van der Waals surface area contributed by atoms with Gasteiger partial charge in [-0.25, -0.2) is 0 Å². The number of hydrogen-bond acceptors (Lipinski definition) is 4. The molecule has 1 N–H and O–H groups in total. The van der Waals surface area contributed by atoms with E-state index in [1.165, 1.54) is 0 Å². The number of aromatic hydroxyl groups is 1. The Morgan fingerprint density at radius 1 is 1.53 bits per heavy atom. The molecule has 4 nitrogen and oxygen atoms in total. The van der Waals surface area contributed by atoms with Gasteiger partial charge in [0.15, 0.2) is 0 Å². The molecule has 0 bridgehead atoms. The summed E-state index contributed by atoms with van der Waals surface area (Å²) in [6.07, 6.45) is 3.97. The van der Waals surface area contributed by atoms with E-state index in [1.54, 1.807) is 25.5 Å². The number of ether oxygens (including phenoxy) is 1. The molecule has 92 valence electrons. The molecule has 0 spiro atoms. The third-order valence-electron chi connectivity index (χ3n) is 2.99. The minimum Gasteiger partial charge on any atom is -0.507 e. The van der Waals surface area contributed by atoms with Gasteiger partial charge in [0.2, 0.25) is 0 Å². The first-order chi connectivity index (χ1) is 8.31. The van der Waals surface area contributed by atoms with E-state index in [4.69, 9.17) is 4.74 Å². The lowest BCUT2D eigenvalue weighted by atomic mass is 10.2. The summed E-state index contributed by atoms with van der Waals surface area (Å²) >= 11 is 0. The highest BCUT2D eigenvalue weighted by atomic mass is 16.5. The van der Waals surface area contributed by atoms with Gasteiger partial charge in [0.1, 0.15) is 5.75 Å². The molecule has 1 saturated heterocycles. The molecule has 4 heteroatoms. The standard InChI is InChI=1S/C13H18N2O2/c1-17-10-12-6-4-8-15(12)14-9-11-5-2-3-7-13(11)16/h2-3,5,7,9,12,16H,4,6,8,10H2,1H3/b14-9+/t12-/m0/s1. The minimum absolute atomic E-state index is 0.263. The molecule has 1 heterocycles. The summed E-state index contributed by atoms with van der Waals surface area (Å²) < 4.78 is 5.17. The lowest BCUT2D eigenvalue weighted by molar-refractivity contribution is 0.118. The molecule has 0 radical (unpaired) electrons. The zero-order valence-electron chi connectivity index (χ0n) is 10.0. The second-order valence-electron chi connectivity index (χ2n) is 4.22. The molecular weight excluding hydrogens is 216 g/mol. The average Bonchev–Trinajstić information content (AvgIpc) is 2.76. The highest BCUT2D eigenvalue weighted by Gasteiger charge is 2.22. The zero-order valence-corrected chi connectivity index (χ0v) is 10.0. The Morgan fingerprint density at radius 2 is 2.35 bits per heavy atom. The normalized spacial score (nSPS) is 20.3. The van der Waals surface area contributed by atoms with E-state index in [-0.39, 0.29) is 5.75 Å². The maximum Gasteiger partial charge on any atom is 0.124 e. The van der Waals surface area contributed by atoms with Crippen molar-refractivity contribution in [3.8, 4) is 5.75 Å². The van der Waals surface area contributed by atoms with Gasteiger partial charge in [-0.3, -0.25) is 5.01 Å². The summed E-state index contributed by atoms with van der Waals surface area (Å²) in [6, 6.07) is 7.56. The van der Waals surface area contributed by atoms with Gasteiger partial charge in [-0.1, -0.05) is 12.1 Å². The molecule has 0 aromatic heterocycles. The first kappa shape index (κ1) is 11.9. The second kappa shape index (κ2) is 5.68. The molecule has 0 saturated carbocycles. The van der Waals surface area contributed by atoms with Crippen molar-refractivity contribution in [1.82, 2.24) is 5.01 Å². The summed E-state index contributed by atoms with van der Waals surface area (Å²) in [5.41, 5.74) is 0.746. The van der Waals surface area contributed by atoms with E-state index < -0.39 is 0 Å². The van der Waals surface area contributed by atoms with Gasteiger partial charge in [-0.2, -0.15) is 5.10 Å². The Morgan fingerprint density at radius 3 is 3.12 bits per heavy atom. The molecule has 1 aromatic carbocycles. The second-order valence-corrected chi connectivity index (χ2v) is 4.22. The Hall–Kier alpha value is -1.55. The number of nitrogens with zero attached hydrogens (tertiary/aromatic N) is 2. The fraction of sp³-hybridized carbons (Fsp3) is 0.462. The lowest BCUT2D eigenvalue weighted by Gasteiger charge is -2.20. The van der Waals surface area contributed by atoms with E-state index >= 15 is 0 Å². The predicted octanol–water partition coefficient (Wildman–Crippen LogP) is 1.84. The van der Waals surface area contributed by atoms with Crippen molar-refractivity contribution in [2.45, 2.75) is 18.9 Å². The van der Waals surface area contributed by atoms with Crippen LogP contribution in [0, 0.1) is 0 Å². The van der Waals surface area contributed by atoms with Crippen molar-refractivity contribution in [3.05, 3.63) is 29.8 Å². The van der Waals surface area contributed by atoms with Crippen LogP contribution in [0.5, 0.6) is 5.75 Å². The van der Waals surface area contributed by atoms with Crippen molar-refractivity contribution in [3.63, 3.8) is 0 Å². The Labute approximate surface area is 102 Å². The van der Waals surface area contributed by atoms with Crippen LogP contribution in [0.2, 0.25) is 0 Å². The SMILES string of the molecule is COC[C@@H]1CCCN1/N=C/c1ccccc1O. The van der Waals surface area contributed by atoms with Crippen molar-refractivity contribution < 1.29 is 9.84 Å². The van der Waals surface area contributed by atoms with Crippen LogP contribution in [0.25, 0.3) is 0 Å². The van der Waals surface area contributed by atoms with Crippen LogP contribution in [-0.4, -0.2) is 42.6 Å². The third-order valence-corrected chi connectivity index (χ3v) is 2.99. The minimum atomic E-state index is 0.263. The summed E-state index contributed by atoms with van der Waals surface area (Å²) in [5.74, 6) is 0.263. The maximum atomic E-state index is 9.62. The van der Waals surface area contributed by atoms with Crippen LogP contribution < -0.4 is 0 Å². The number of phenols is 1. The van der Waals surface area contributed by atoms with Gasteiger partial charge in [-0.05, 0) is 25.0 Å². The first-order valence-electron chi connectivity index (χ1n) is 5.89. The van der Waals surface area contributed by atoms with Gasteiger partial charge >= 0.3 is 0 Å². The molecule has 1 aromatic rings. The number of methoxy groups -OCH3 is 1. The molecule has 0 unspecified atom stereocenters. The Kier molecular flexibility index (Phi) is 3.98. The fourth-order valence-corrected chi connectivity index (χ4v) is 2.07. The van der Waals surface area contributed by atoms with Crippen molar-refractivity contribution in [1.29, 1.82) is 0 Å². The highest BCUT2D eigenvalue weighted by molar-refractivity contribution is 5.82. The van der Waals surface area contributed by atoms with Crippen LogP contribution in [0.1, 0.15) is 18.4 Å². The van der Waals surface area contributed by atoms with E-state index in [0.29, 0.717) is 12.6 Å². The van der Waals surface area contributed by atoms with Gasteiger partial charge in [0.25, 0.3) is 0 Å². The predicted molar refractivity (Wildman–Crippen MR) is 67.3 cm³/mol. The monoisotopic (exact) mass is 234 g/mol. The molecule has 1 fully saturated rings. The van der Waals surface area contributed by atoms with Gasteiger partial charge in [0.05, 0.1) is 18.9 Å². The van der Waals surface area contributed by atoms with Crippen LogP contribution in [0.3, 0.4) is 0 Å². The van der Waals surface area contributed by atoms with Crippen molar-refractivity contribution >= 4 is 6.21 Å².